The smallest absolute Gasteiger partial charge is 0.240 e. The first-order valence-electron chi connectivity index (χ1n) is 6.60. The van der Waals surface area contributed by atoms with E-state index in [1.807, 2.05) is 0 Å². The Balaban J connectivity index is 2.38. The van der Waals surface area contributed by atoms with Crippen molar-refractivity contribution < 1.29 is 13.2 Å². The van der Waals surface area contributed by atoms with E-state index in [-0.39, 0.29) is 0 Å². The topological polar surface area (TPSA) is 58.6 Å². The highest BCUT2D eigenvalue weighted by Crippen LogP contribution is 2.33. The van der Waals surface area contributed by atoms with Gasteiger partial charge in [0.05, 0.1) is 17.1 Å². The molecular weight excluding hydrogens is 264 g/mol. The van der Waals surface area contributed by atoms with E-state index in [1.165, 1.54) is 0 Å². The van der Waals surface area contributed by atoms with Crippen LogP contribution in [0, 0.1) is 0 Å². The molecule has 1 aromatic rings. The third kappa shape index (κ3) is 3.01. The molecule has 0 atom stereocenters. The first-order valence-corrected chi connectivity index (χ1v) is 8.08. The lowest BCUT2D eigenvalue weighted by molar-refractivity contribution is 0.307. The fraction of sp³-hybridized carbons (Fsp3) is 0.538. The molecule has 5 nitrogen and oxygen atoms in total. The highest BCUT2D eigenvalue weighted by atomic mass is 32.2. The largest absolute Gasteiger partial charge is 0.490 e. The summed E-state index contributed by atoms with van der Waals surface area (Å²) >= 11 is 0. The van der Waals surface area contributed by atoms with Crippen molar-refractivity contribution in [2.75, 3.05) is 31.1 Å². The van der Waals surface area contributed by atoms with E-state index in [9.17, 15) is 8.42 Å². The van der Waals surface area contributed by atoms with Crippen LogP contribution in [-0.4, -0.2) is 34.7 Å². The average molecular weight is 284 g/mol. The Kier molecular flexibility index (Phi) is 4.31. The van der Waals surface area contributed by atoms with Crippen LogP contribution in [-0.2, 0) is 10.0 Å². The zero-order valence-corrected chi connectivity index (χ0v) is 12.2. The minimum Gasteiger partial charge on any atom is -0.490 e. The molecule has 6 heteroatoms. The quantitative estimate of drug-likeness (QED) is 0.892. The molecule has 0 radical (unpaired) electrons. The van der Waals surface area contributed by atoms with E-state index in [0.29, 0.717) is 18.0 Å². The van der Waals surface area contributed by atoms with Crippen molar-refractivity contribution in [3.63, 3.8) is 0 Å². The Bertz CT molecular complexity index is 543. The van der Waals surface area contributed by atoms with Gasteiger partial charge in [0.15, 0.2) is 0 Å². The van der Waals surface area contributed by atoms with Crippen LogP contribution in [0.25, 0.3) is 0 Å². The summed E-state index contributed by atoms with van der Waals surface area (Å²) in [6.45, 7) is 6.60. The monoisotopic (exact) mass is 284 g/mol. The molecule has 0 fully saturated rings. The van der Waals surface area contributed by atoms with Crippen molar-refractivity contribution >= 4 is 15.7 Å². The van der Waals surface area contributed by atoms with Crippen molar-refractivity contribution in [3.8, 4) is 5.75 Å². The van der Waals surface area contributed by atoms with E-state index in [0.717, 1.165) is 30.9 Å². The lowest BCUT2D eigenvalue weighted by atomic mass is 10.2. The van der Waals surface area contributed by atoms with Crippen LogP contribution in [0.2, 0.25) is 0 Å². The molecule has 0 spiro atoms. The third-order valence-electron chi connectivity index (χ3n) is 3.03. The fourth-order valence-corrected chi connectivity index (χ4v) is 3.26. The number of hydrogen-bond donors (Lipinski definition) is 1. The lowest BCUT2D eigenvalue weighted by Gasteiger charge is -2.31. The second kappa shape index (κ2) is 5.79. The Morgan fingerprint density at radius 2 is 2.16 bits per heavy atom. The van der Waals surface area contributed by atoms with E-state index in [2.05, 4.69) is 16.5 Å². The summed E-state index contributed by atoms with van der Waals surface area (Å²) in [6.07, 6.45) is 1.02. The van der Waals surface area contributed by atoms with Crippen molar-refractivity contribution in [1.82, 2.24) is 4.72 Å². The van der Waals surface area contributed by atoms with Crippen LogP contribution in [0.5, 0.6) is 5.75 Å². The van der Waals surface area contributed by atoms with Crippen LogP contribution in [0.3, 0.4) is 0 Å². The van der Waals surface area contributed by atoms with Gasteiger partial charge in [-0.1, -0.05) is 13.8 Å². The number of anilines is 1. The average Bonchev–Trinajstić information content (AvgIpc) is 2.39. The van der Waals surface area contributed by atoms with Gasteiger partial charge < -0.3 is 9.64 Å². The summed E-state index contributed by atoms with van der Waals surface area (Å²) in [4.78, 5) is 2.46. The van der Waals surface area contributed by atoms with Crippen molar-refractivity contribution in [3.05, 3.63) is 18.2 Å². The summed E-state index contributed by atoms with van der Waals surface area (Å²) in [6, 6.07) is 5.02. The molecule has 1 aliphatic heterocycles. The molecule has 0 amide bonds. The van der Waals surface area contributed by atoms with Crippen LogP contribution in [0.4, 0.5) is 5.69 Å². The first kappa shape index (κ1) is 14.1. The molecule has 0 aliphatic carbocycles. The molecule has 106 valence electrons. The zero-order chi connectivity index (χ0) is 13.9. The highest BCUT2D eigenvalue weighted by molar-refractivity contribution is 7.89. The Hall–Kier alpha value is -1.27. The van der Waals surface area contributed by atoms with Gasteiger partial charge in [0.25, 0.3) is 0 Å². The van der Waals surface area contributed by atoms with Gasteiger partial charge in [0.1, 0.15) is 12.4 Å². The zero-order valence-electron chi connectivity index (χ0n) is 11.3. The minimum absolute atomic E-state index is 0.291. The number of benzene rings is 1. The van der Waals surface area contributed by atoms with Crippen LogP contribution < -0.4 is 14.4 Å². The minimum atomic E-state index is -3.41. The molecule has 0 saturated carbocycles. The molecule has 1 aromatic carbocycles. The Morgan fingerprint density at radius 1 is 1.37 bits per heavy atom. The summed E-state index contributed by atoms with van der Waals surface area (Å²) in [5, 5.41) is 0. The van der Waals surface area contributed by atoms with Gasteiger partial charge in [0, 0.05) is 13.1 Å². The van der Waals surface area contributed by atoms with Gasteiger partial charge in [-0.15, -0.1) is 0 Å². The van der Waals surface area contributed by atoms with Gasteiger partial charge in [-0.05, 0) is 24.6 Å². The molecule has 1 N–H and O–H groups in total. The van der Waals surface area contributed by atoms with Gasteiger partial charge in [-0.25, -0.2) is 13.1 Å². The Morgan fingerprint density at radius 3 is 2.84 bits per heavy atom. The molecule has 19 heavy (non-hydrogen) atoms. The van der Waals surface area contributed by atoms with Crippen molar-refractivity contribution in [1.29, 1.82) is 0 Å². The molecule has 0 aromatic heterocycles. The molecule has 0 saturated heterocycles. The fourth-order valence-electron chi connectivity index (χ4n) is 2.20. The predicted molar refractivity (Wildman–Crippen MR) is 75.3 cm³/mol. The summed E-state index contributed by atoms with van der Waals surface area (Å²) in [5.41, 5.74) is 0.868. The van der Waals surface area contributed by atoms with E-state index in [1.54, 1.807) is 25.1 Å². The molecule has 0 unspecified atom stereocenters. The SMILES string of the molecule is CCCN1CCOc2ccc(S(=O)(=O)NCC)cc21. The lowest BCUT2D eigenvalue weighted by Crippen LogP contribution is -2.33. The number of sulfonamides is 1. The van der Waals surface area contributed by atoms with Gasteiger partial charge in [-0.3, -0.25) is 0 Å². The number of rotatable bonds is 5. The van der Waals surface area contributed by atoms with E-state index < -0.39 is 10.0 Å². The maximum absolute atomic E-state index is 12.0. The Labute approximate surface area is 114 Å². The molecule has 2 rings (SSSR count). The van der Waals surface area contributed by atoms with Crippen LogP contribution in [0.1, 0.15) is 20.3 Å². The summed E-state index contributed by atoms with van der Waals surface area (Å²) < 4.78 is 32.1. The van der Waals surface area contributed by atoms with Crippen molar-refractivity contribution in [2.24, 2.45) is 0 Å². The molecule has 1 aliphatic rings. The van der Waals surface area contributed by atoms with Gasteiger partial charge >= 0.3 is 0 Å². The second-order valence-corrected chi connectivity index (χ2v) is 6.23. The van der Waals surface area contributed by atoms with Crippen LogP contribution >= 0.6 is 0 Å². The summed E-state index contributed by atoms with van der Waals surface area (Å²) in [7, 11) is -3.41. The maximum atomic E-state index is 12.0. The second-order valence-electron chi connectivity index (χ2n) is 4.47. The van der Waals surface area contributed by atoms with E-state index in [4.69, 9.17) is 4.74 Å². The molecule has 1 heterocycles. The van der Waals surface area contributed by atoms with Crippen LogP contribution in [0.15, 0.2) is 23.1 Å². The van der Waals surface area contributed by atoms with Crippen molar-refractivity contribution in [2.45, 2.75) is 25.2 Å². The van der Waals surface area contributed by atoms with Gasteiger partial charge in [0.2, 0.25) is 10.0 Å². The summed E-state index contributed by atoms with van der Waals surface area (Å²) in [5.74, 6) is 0.759. The number of nitrogens with one attached hydrogen (secondary N) is 1. The normalized spacial score (nSPS) is 14.9. The molecular formula is C13H20N2O3S. The number of nitrogens with zero attached hydrogens (tertiary/aromatic N) is 1. The maximum Gasteiger partial charge on any atom is 0.240 e. The standard InChI is InChI=1S/C13H20N2O3S/c1-3-7-15-8-9-18-13-6-5-11(10-12(13)15)19(16,17)14-4-2/h5-6,10,14H,3-4,7-9H2,1-2H3. The number of hydrogen-bond acceptors (Lipinski definition) is 4. The first-order chi connectivity index (χ1) is 9.08. The number of ether oxygens (including phenoxy) is 1. The predicted octanol–water partition coefficient (Wildman–Crippen LogP) is 1.59. The third-order valence-corrected chi connectivity index (χ3v) is 4.57. The number of fused-ring (bicyclic) bond motifs is 1. The highest BCUT2D eigenvalue weighted by Gasteiger charge is 2.21. The van der Waals surface area contributed by atoms with E-state index >= 15 is 0 Å². The molecule has 0 bridgehead atoms. The van der Waals surface area contributed by atoms with Gasteiger partial charge in [-0.2, -0.15) is 0 Å².